The third-order valence-electron chi connectivity index (χ3n) is 5.44. The molecule has 0 amide bonds. The van der Waals surface area contributed by atoms with Gasteiger partial charge in [0.2, 0.25) is 11.8 Å². The van der Waals surface area contributed by atoms with E-state index in [0.29, 0.717) is 31.0 Å². The number of rotatable bonds is 7. The Morgan fingerprint density at radius 2 is 2.11 bits per heavy atom. The summed E-state index contributed by atoms with van der Waals surface area (Å²) in [6.07, 6.45) is 6.74. The minimum atomic E-state index is 0.0327. The van der Waals surface area contributed by atoms with Crippen LogP contribution in [-0.2, 0) is 13.0 Å². The van der Waals surface area contributed by atoms with Gasteiger partial charge in [-0.1, -0.05) is 6.07 Å². The summed E-state index contributed by atoms with van der Waals surface area (Å²) < 4.78 is 6.08. The zero-order valence-electron chi connectivity index (χ0n) is 16.3. The molecule has 8 nitrogen and oxygen atoms in total. The van der Waals surface area contributed by atoms with Gasteiger partial charge in [-0.05, 0) is 45.5 Å². The molecule has 4 rings (SSSR count). The van der Waals surface area contributed by atoms with E-state index in [2.05, 4.69) is 32.1 Å². The summed E-state index contributed by atoms with van der Waals surface area (Å²) in [5.74, 6) is 2.12. The molecule has 0 aromatic carbocycles. The zero-order valence-corrected chi connectivity index (χ0v) is 16.3. The first-order valence-electron chi connectivity index (χ1n) is 9.97. The van der Waals surface area contributed by atoms with Gasteiger partial charge in [0.1, 0.15) is 12.4 Å². The molecular weight excluding hydrogens is 356 g/mol. The number of anilines is 2. The number of aliphatic hydroxyl groups excluding tert-OH is 1. The Morgan fingerprint density at radius 1 is 1.25 bits per heavy atom. The standard InChI is InChI=1S/C20H28N6O2/c1-25-9-4-16(5-10-25)26-11-6-17-18(26)23-20(22-8-12-27)24-19(17)28-14-15-3-2-7-21-13-15/h2-3,7,13,16,27H,4-6,8-12,14H2,1H3,(H,22,23,24). The average molecular weight is 384 g/mol. The number of pyridine rings is 1. The third kappa shape index (κ3) is 4.18. The molecule has 2 aliphatic heterocycles. The number of hydrogen-bond donors (Lipinski definition) is 2. The summed E-state index contributed by atoms with van der Waals surface area (Å²) in [6, 6.07) is 4.40. The van der Waals surface area contributed by atoms with Crippen LogP contribution in [0.15, 0.2) is 24.5 Å². The molecule has 0 radical (unpaired) electrons. The Labute approximate surface area is 165 Å². The highest BCUT2D eigenvalue weighted by molar-refractivity contribution is 5.60. The smallest absolute Gasteiger partial charge is 0.228 e. The predicted molar refractivity (Wildman–Crippen MR) is 108 cm³/mol. The summed E-state index contributed by atoms with van der Waals surface area (Å²) in [6.45, 7) is 4.04. The summed E-state index contributed by atoms with van der Waals surface area (Å²) in [4.78, 5) is 18.3. The molecule has 1 fully saturated rings. The molecule has 0 bridgehead atoms. The van der Waals surface area contributed by atoms with E-state index in [1.54, 1.807) is 12.4 Å². The number of hydrogen-bond acceptors (Lipinski definition) is 8. The fraction of sp³-hybridized carbons (Fsp3) is 0.550. The minimum Gasteiger partial charge on any atom is -0.472 e. The lowest BCUT2D eigenvalue weighted by Gasteiger charge is -2.36. The maximum absolute atomic E-state index is 9.15. The SMILES string of the molecule is CN1CCC(N2CCc3c(OCc4cccnc4)nc(NCCO)nc32)CC1. The zero-order chi connectivity index (χ0) is 19.3. The summed E-state index contributed by atoms with van der Waals surface area (Å²) in [5, 5.41) is 12.2. The number of nitrogens with zero attached hydrogens (tertiary/aromatic N) is 5. The van der Waals surface area contributed by atoms with Gasteiger partial charge in [-0.3, -0.25) is 4.98 Å². The van der Waals surface area contributed by atoms with Crippen LogP contribution in [0.5, 0.6) is 5.88 Å². The highest BCUT2D eigenvalue weighted by atomic mass is 16.5. The second kappa shape index (κ2) is 8.70. The van der Waals surface area contributed by atoms with Crippen LogP contribution in [0.2, 0.25) is 0 Å². The topological polar surface area (TPSA) is 86.6 Å². The number of nitrogens with one attached hydrogen (secondary N) is 1. The Kier molecular flexibility index (Phi) is 5.87. The Balaban J connectivity index is 1.57. The molecule has 150 valence electrons. The fourth-order valence-corrected chi connectivity index (χ4v) is 3.91. The van der Waals surface area contributed by atoms with Gasteiger partial charge in [-0.15, -0.1) is 0 Å². The maximum Gasteiger partial charge on any atom is 0.228 e. The van der Waals surface area contributed by atoms with Crippen LogP contribution in [0.3, 0.4) is 0 Å². The summed E-state index contributed by atoms with van der Waals surface area (Å²) in [7, 11) is 2.18. The molecule has 0 saturated carbocycles. The number of ether oxygens (including phenoxy) is 1. The molecule has 0 aliphatic carbocycles. The quantitative estimate of drug-likeness (QED) is 0.739. The molecule has 28 heavy (non-hydrogen) atoms. The van der Waals surface area contributed by atoms with Crippen LogP contribution >= 0.6 is 0 Å². The lowest BCUT2D eigenvalue weighted by Crippen LogP contribution is -2.43. The van der Waals surface area contributed by atoms with Crippen LogP contribution in [0.1, 0.15) is 24.0 Å². The molecule has 0 atom stereocenters. The number of piperidine rings is 1. The Morgan fingerprint density at radius 3 is 2.86 bits per heavy atom. The number of likely N-dealkylation sites (tertiary alicyclic amines) is 1. The first-order valence-corrected chi connectivity index (χ1v) is 9.97. The largest absolute Gasteiger partial charge is 0.472 e. The van der Waals surface area contributed by atoms with E-state index >= 15 is 0 Å². The summed E-state index contributed by atoms with van der Waals surface area (Å²) in [5.41, 5.74) is 2.09. The van der Waals surface area contributed by atoms with Crippen LogP contribution in [0.4, 0.5) is 11.8 Å². The second-order valence-corrected chi connectivity index (χ2v) is 7.43. The number of fused-ring (bicyclic) bond motifs is 1. The lowest BCUT2D eigenvalue weighted by atomic mass is 10.0. The van der Waals surface area contributed by atoms with Gasteiger partial charge < -0.3 is 25.0 Å². The molecule has 1 saturated heterocycles. The fourth-order valence-electron chi connectivity index (χ4n) is 3.91. The van der Waals surface area contributed by atoms with Gasteiger partial charge in [0, 0.05) is 37.1 Å². The molecule has 0 unspecified atom stereocenters. The van der Waals surface area contributed by atoms with Gasteiger partial charge >= 0.3 is 0 Å². The molecule has 2 N–H and O–H groups in total. The first kappa shape index (κ1) is 18.9. The van der Waals surface area contributed by atoms with E-state index in [1.807, 2.05) is 12.1 Å². The van der Waals surface area contributed by atoms with Crippen molar-refractivity contribution in [3.05, 3.63) is 35.7 Å². The van der Waals surface area contributed by atoms with Crippen molar-refractivity contribution in [3.8, 4) is 5.88 Å². The monoisotopic (exact) mass is 384 g/mol. The molecular formula is C20H28N6O2. The van der Waals surface area contributed by atoms with E-state index in [1.165, 1.54) is 0 Å². The second-order valence-electron chi connectivity index (χ2n) is 7.43. The van der Waals surface area contributed by atoms with Crippen molar-refractivity contribution in [3.63, 3.8) is 0 Å². The van der Waals surface area contributed by atoms with Gasteiger partial charge in [0.15, 0.2) is 0 Å². The van der Waals surface area contributed by atoms with E-state index in [0.717, 1.165) is 55.8 Å². The van der Waals surface area contributed by atoms with Crippen molar-refractivity contribution in [2.75, 3.05) is 50.1 Å². The summed E-state index contributed by atoms with van der Waals surface area (Å²) >= 11 is 0. The van der Waals surface area contributed by atoms with Gasteiger partial charge in [0.25, 0.3) is 0 Å². The maximum atomic E-state index is 9.15. The van der Waals surface area contributed by atoms with Gasteiger partial charge in [-0.2, -0.15) is 9.97 Å². The highest BCUT2D eigenvalue weighted by Crippen LogP contribution is 2.36. The minimum absolute atomic E-state index is 0.0327. The first-order chi connectivity index (χ1) is 13.7. The van der Waals surface area contributed by atoms with Crippen molar-refractivity contribution in [1.82, 2.24) is 19.9 Å². The lowest BCUT2D eigenvalue weighted by molar-refractivity contribution is 0.250. The van der Waals surface area contributed by atoms with Crippen LogP contribution in [0, 0.1) is 0 Å². The molecule has 0 spiro atoms. The van der Waals surface area contributed by atoms with Crippen LogP contribution < -0.4 is 15.0 Å². The highest BCUT2D eigenvalue weighted by Gasteiger charge is 2.32. The number of aromatic nitrogens is 3. The van der Waals surface area contributed by atoms with Gasteiger partial charge in [-0.25, -0.2) is 0 Å². The van der Waals surface area contributed by atoms with Crippen LogP contribution in [0.25, 0.3) is 0 Å². The molecule has 8 heteroatoms. The molecule has 2 aliphatic rings. The van der Waals surface area contributed by atoms with Crippen LogP contribution in [-0.4, -0.2) is 70.8 Å². The molecule has 4 heterocycles. The normalized spacial score (nSPS) is 17.6. The number of aliphatic hydroxyl groups is 1. The van der Waals surface area contributed by atoms with Crippen molar-refractivity contribution >= 4 is 11.8 Å². The van der Waals surface area contributed by atoms with Crippen molar-refractivity contribution in [1.29, 1.82) is 0 Å². The Bertz CT molecular complexity index is 780. The van der Waals surface area contributed by atoms with Crippen molar-refractivity contribution in [2.45, 2.75) is 31.9 Å². The molecule has 2 aromatic rings. The third-order valence-corrected chi connectivity index (χ3v) is 5.44. The van der Waals surface area contributed by atoms with Gasteiger partial charge in [0.05, 0.1) is 12.2 Å². The Hall–Kier alpha value is -2.45. The van der Waals surface area contributed by atoms with E-state index in [-0.39, 0.29) is 6.61 Å². The van der Waals surface area contributed by atoms with E-state index in [9.17, 15) is 0 Å². The van der Waals surface area contributed by atoms with E-state index < -0.39 is 0 Å². The van der Waals surface area contributed by atoms with Crippen molar-refractivity contribution in [2.24, 2.45) is 0 Å². The molecule has 2 aromatic heterocycles. The predicted octanol–water partition coefficient (Wildman–Crippen LogP) is 1.31. The average Bonchev–Trinajstić information content (AvgIpc) is 3.16. The van der Waals surface area contributed by atoms with Crippen molar-refractivity contribution < 1.29 is 9.84 Å². The van der Waals surface area contributed by atoms with E-state index in [4.69, 9.17) is 14.8 Å².